The minimum absolute atomic E-state index is 0.0643. The van der Waals surface area contributed by atoms with Crippen molar-refractivity contribution in [2.24, 2.45) is 22.5 Å². The number of likely N-dealkylation sites (tertiary alicyclic amines) is 1. The second-order valence-corrected chi connectivity index (χ2v) is 19.0. The molecule has 6 unspecified atom stereocenters. The number of nitrogens with two attached hydrogens (primary N) is 1. The normalized spacial score (nSPS) is 35.9. The van der Waals surface area contributed by atoms with Crippen LogP contribution in [0.5, 0.6) is 0 Å². The van der Waals surface area contributed by atoms with Gasteiger partial charge in [-0.15, -0.1) is 0 Å². The number of amidine groups is 1. The molecule has 0 radical (unpaired) electrons. The van der Waals surface area contributed by atoms with Crippen LogP contribution in [0.15, 0.2) is 11.9 Å². The van der Waals surface area contributed by atoms with E-state index in [1.54, 1.807) is 10.4 Å². The van der Waals surface area contributed by atoms with E-state index < -0.39 is 51.4 Å². The fourth-order valence-corrected chi connectivity index (χ4v) is 13.9. The summed E-state index contributed by atoms with van der Waals surface area (Å²) >= 11 is 0. The third kappa shape index (κ3) is 7.49. The maximum absolute atomic E-state index is 16.0. The fourth-order valence-electron chi connectivity index (χ4n) is 11.8. The van der Waals surface area contributed by atoms with Gasteiger partial charge < -0.3 is 21.3 Å². The van der Waals surface area contributed by atoms with E-state index >= 15 is 8.78 Å². The van der Waals surface area contributed by atoms with Crippen molar-refractivity contribution in [3.05, 3.63) is 11.9 Å². The van der Waals surface area contributed by atoms with Crippen molar-refractivity contribution in [3.63, 3.8) is 0 Å². The zero-order valence-corrected chi connectivity index (χ0v) is 32.6. The van der Waals surface area contributed by atoms with Crippen LogP contribution >= 0.6 is 0 Å². The van der Waals surface area contributed by atoms with E-state index in [1.807, 2.05) is 16.5 Å². The van der Waals surface area contributed by atoms with Crippen LogP contribution < -0.4 is 16.4 Å². The SMILES string of the molecule is CCCC1(CC)CCC=C(F)C=[N+](C)C(C(C(=N)N)C(=O)NC2CNCC(F)C2N2CCC(S(=O)(=O)N3CCN4CCC3CC4)CC2)C12CCCC2. The Morgan fingerprint density at radius 2 is 1.77 bits per heavy atom. The van der Waals surface area contributed by atoms with Gasteiger partial charge in [-0.25, -0.2) is 21.8 Å². The summed E-state index contributed by atoms with van der Waals surface area (Å²) in [5, 5.41) is 14.7. The molecule has 0 aromatic heterocycles. The van der Waals surface area contributed by atoms with Crippen LogP contribution in [-0.4, -0.2) is 140 Å². The average Bonchev–Trinajstić information content (AvgIpc) is 3.42. The number of rotatable bonds is 10. The predicted octanol–water partition coefficient (Wildman–Crippen LogP) is 3.39. The van der Waals surface area contributed by atoms with Gasteiger partial charge in [0.25, 0.3) is 0 Å². The van der Waals surface area contributed by atoms with Crippen LogP contribution in [0.2, 0.25) is 0 Å². The molecule has 1 amide bonds. The number of nitrogens with zero attached hydrogens (tertiary/aromatic N) is 4. The lowest BCUT2D eigenvalue weighted by Crippen LogP contribution is -2.68. The summed E-state index contributed by atoms with van der Waals surface area (Å²) in [6.45, 7) is 8.93. The Hall–Kier alpha value is -2.00. The molecule has 5 saturated heterocycles. The topological polar surface area (TPSA) is 138 Å². The second-order valence-electron chi connectivity index (χ2n) is 16.8. The van der Waals surface area contributed by atoms with E-state index in [2.05, 4.69) is 29.4 Å². The zero-order chi connectivity index (χ0) is 37.3. The lowest BCUT2D eigenvalue weighted by Gasteiger charge is -2.52. The van der Waals surface area contributed by atoms with Crippen LogP contribution in [0.4, 0.5) is 8.78 Å². The Labute approximate surface area is 310 Å². The number of halogens is 2. The first-order chi connectivity index (χ1) is 24.9. The number of piperidine rings is 3. The van der Waals surface area contributed by atoms with E-state index in [1.165, 1.54) is 6.21 Å². The number of nitrogens with one attached hydrogen (secondary N) is 3. The number of sulfonamides is 1. The van der Waals surface area contributed by atoms with Gasteiger partial charge in [-0.2, -0.15) is 4.31 Å². The van der Waals surface area contributed by atoms with Crippen molar-refractivity contribution in [2.75, 3.05) is 59.4 Å². The lowest BCUT2D eigenvalue weighted by atomic mass is 9.51. The molecular formula is C38H65F2N8O3S+. The molecule has 52 heavy (non-hydrogen) atoms. The van der Waals surface area contributed by atoms with Gasteiger partial charge in [-0.05, 0) is 102 Å². The quantitative estimate of drug-likeness (QED) is 0.153. The van der Waals surface area contributed by atoms with Gasteiger partial charge in [-0.1, -0.05) is 33.1 Å². The number of allylic oxidation sites excluding steroid dienone is 2. The Balaban J connectivity index is 1.24. The van der Waals surface area contributed by atoms with Gasteiger partial charge in [0.05, 0.1) is 17.3 Å². The van der Waals surface area contributed by atoms with Crippen LogP contribution in [0, 0.1) is 22.2 Å². The van der Waals surface area contributed by atoms with Gasteiger partial charge in [0.15, 0.2) is 24.0 Å². The van der Waals surface area contributed by atoms with Crippen molar-refractivity contribution in [2.45, 2.75) is 133 Å². The monoisotopic (exact) mass is 751 g/mol. The summed E-state index contributed by atoms with van der Waals surface area (Å²) in [6.07, 6.45) is 12.4. The molecule has 294 valence electrons. The maximum Gasteiger partial charge on any atom is 0.237 e. The first-order valence-electron chi connectivity index (χ1n) is 20.3. The van der Waals surface area contributed by atoms with Crippen molar-refractivity contribution in [1.29, 1.82) is 5.41 Å². The highest BCUT2D eigenvalue weighted by atomic mass is 32.2. The number of amides is 1. The molecule has 14 heteroatoms. The molecule has 7 rings (SSSR count). The number of hydrogen-bond acceptors (Lipinski definition) is 7. The van der Waals surface area contributed by atoms with Gasteiger partial charge in [0, 0.05) is 37.6 Å². The summed E-state index contributed by atoms with van der Waals surface area (Å²) in [5.41, 5.74) is 5.87. The van der Waals surface area contributed by atoms with Gasteiger partial charge in [0.1, 0.15) is 19.1 Å². The molecule has 11 nitrogen and oxygen atoms in total. The van der Waals surface area contributed by atoms with E-state index in [-0.39, 0.29) is 35.1 Å². The maximum atomic E-state index is 16.0. The Morgan fingerprint density at radius 3 is 2.40 bits per heavy atom. The standard InChI is InChI=1S/C38H64F2N8O3S/c1-4-14-37(5-2)15-8-9-27(39)26-45(3)34(38(37)16-6-7-17-38)32(35(41)42)36(49)44-31-25-43-24-30(40)33(31)47-20-12-29(13-21-47)52(50,51)48-23-22-46-18-10-28(48)11-19-46/h9,26,28-34,43H,4-8,10-25H2,1-3H3,(H3-,41,42,44,49)/p+1. The molecule has 6 atom stereocenters. The molecular weight excluding hydrogens is 687 g/mol. The van der Waals surface area contributed by atoms with Crippen LogP contribution in [0.3, 0.4) is 0 Å². The van der Waals surface area contributed by atoms with Crippen molar-refractivity contribution in [3.8, 4) is 0 Å². The van der Waals surface area contributed by atoms with E-state index in [9.17, 15) is 13.2 Å². The molecule has 1 saturated carbocycles. The third-order valence-electron chi connectivity index (χ3n) is 14.2. The first kappa shape index (κ1) is 39.7. The number of alkyl halides is 1. The molecule has 7 aliphatic rings. The minimum atomic E-state index is -3.49. The summed E-state index contributed by atoms with van der Waals surface area (Å²) in [5.74, 6) is -2.11. The van der Waals surface area contributed by atoms with Gasteiger partial charge in [-0.3, -0.25) is 15.1 Å². The molecule has 1 aliphatic carbocycles. The highest BCUT2D eigenvalue weighted by molar-refractivity contribution is 7.89. The zero-order valence-electron chi connectivity index (χ0n) is 31.8. The Kier molecular flexibility index (Phi) is 12.5. The van der Waals surface area contributed by atoms with Crippen LogP contribution in [0.25, 0.3) is 0 Å². The van der Waals surface area contributed by atoms with E-state index in [4.69, 9.17) is 11.1 Å². The summed E-state index contributed by atoms with van der Waals surface area (Å²) < 4.78 is 62.8. The molecule has 1 spiro atoms. The molecule has 6 fully saturated rings. The number of carbonyl (C=O) groups excluding carboxylic acids is 1. The van der Waals surface area contributed by atoms with Crippen molar-refractivity contribution in [1.82, 2.24) is 24.7 Å². The molecule has 5 N–H and O–H groups in total. The fraction of sp³-hybridized carbons (Fsp3) is 0.868. The first-order valence-corrected chi connectivity index (χ1v) is 21.8. The highest BCUT2D eigenvalue weighted by Crippen LogP contribution is 2.61. The smallest absolute Gasteiger partial charge is 0.237 e. The second kappa shape index (κ2) is 16.4. The van der Waals surface area contributed by atoms with Gasteiger partial charge >= 0.3 is 0 Å². The predicted molar refractivity (Wildman–Crippen MR) is 202 cm³/mol. The summed E-state index contributed by atoms with van der Waals surface area (Å²) in [6, 6.07) is -1.76. The number of hydrogen-bond donors (Lipinski definition) is 4. The van der Waals surface area contributed by atoms with E-state index in [0.29, 0.717) is 45.4 Å². The summed E-state index contributed by atoms with van der Waals surface area (Å²) in [7, 11) is -1.68. The summed E-state index contributed by atoms with van der Waals surface area (Å²) in [4.78, 5) is 19.1. The number of carbonyl (C=O) groups is 1. The van der Waals surface area contributed by atoms with Crippen molar-refractivity contribution >= 4 is 28.0 Å². The molecule has 6 aliphatic heterocycles. The Bertz CT molecular complexity index is 1460. The minimum Gasteiger partial charge on any atom is -0.387 e. The Morgan fingerprint density at radius 1 is 1.08 bits per heavy atom. The lowest BCUT2D eigenvalue weighted by molar-refractivity contribution is -0.563. The number of fused-ring (bicyclic) bond motifs is 4. The van der Waals surface area contributed by atoms with Gasteiger partial charge in [0.2, 0.25) is 15.9 Å². The molecule has 6 heterocycles. The van der Waals surface area contributed by atoms with Crippen LogP contribution in [0.1, 0.15) is 97.3 Å². The highest BCUT2D eigenvalue weighted by Gasteiger charge is 2.63. The largest absolute Gasteiger partial charge is 0.387 e. The van der Waals surface area contributed by atoms with Crippen LogP contribution in [-0.2, 0) is 14.8 Å². The molecule has 0 aromatic carbocycles. The average molecular weight is 752 g/mol. The molecule has 0 aromatic rings. The third-order valence-corrected chi connectivity index (χ3v) is 16.7. The molecule has 2 bridgehead atoms. The van der Waals surface area contributed by atoms with Crippen molar-refractivity contribution < 1.29 is 26.6 Å². The van der Waals surface area contributed by atoms with E-state index in [0.717, 1.165) is 83.8 Å².